The Bertz CT molecular complexity index is 1450. The van der Waals surface area contributed by atoms with Crippen LogP contribution in [0.25, 0.3) is 0 Å². The van der Waals surface area contributed by atoms with Gasteiger partial charge in [0.1, 0.15) is 5.60 Å². The van der Waals surface area contributed by atoms with Gasteiger partial charge in [0.25, 0.3) is 0 Å². The lowest BCUT2D eigenvalue weighted by atomic mass is 9.59. The zero-order chi connectivity index (χ0) is 39.4. The summed E-state index contributed by atoms with van der Waals surface area (Å²) < 4.78 is 115. The molecule has 0 radical (unpaired) electrons. The van der Waals surface area contributed by atoms with Gasteiger partial charge in [0.2, 0.25) is 17.8 Å². The van der Waals surface area contributed by atoms with Crippen molar-refractivity contribution in [2.45, 2.75) is 127 Å². The van der Waals surface area contributed by atoms with Crippen LogP contribution in [-0.4, -0.2) is 91.1 Å². The van der Waals surface area contributed by atoms with E-state index in [1.807, 2.05) is 6.92 Å². The molecular formula is C37H52F6O10S2. The number of aliphatic hydroxyl groups excluding tert-OH is 1. The van der Waals surface area contributed by atoms with Gasteiger partial charge in [-0.25, -0.2) is 19.6 Å². The largest absolute Gasteiger partial charge is 0.504 e. The molecule has 0 aromatic heterocycles. The van der Waals surface area contributed by atoms with Crippen LogP contribution in [0.5, 0.6) is 0 Å². The van der Waals surface area contributed by atoms with Crippen molar-refractivity contribution in [3.63, 3.8) is 0 Å². The minimum absolute atomic E-state index is 0.00340. The molecule has 11 atom stereocenters. The Balaban J connectivity index is 0.918. The molecular weight excluding hydrogens is 783 g/mol. The fraction of sp³-hybridized carbons (Fsp3) is 0.892. The van der Waals surface area contributed by atoms with Crippen LogP contribution in [-0.2, 0) is 43.2 Å². The number of hydrogen-bond acceptors (Lipinski definition) is 12. The molecule has 9 rings (SSSR count). The number of hydrogen-bond donors (Lipinski definition) is 1. The summed E-state index contributed by atoms with van der Waals surface area (Å²) in [6, 6.07) is 0. The number of ether oxygens (including phenoxy) is 5. The first-order chi connectivity index (χ1) is 26.0. The van der Waals surface area contributed by atoms with Gasteiger partial charge < -0.3 is 28.8 Å². The number of aliphatic hydroxyl groups is 1. The van der Waals surface area contributed by atoms with Gasteiger partial charge in [-0.05, 0) is 63.2 Å². The minimum Gasteiger partial charge on any atom is -0.504 e. The second kappa shape index (κ2) is 15.9. The van der Waals surface area contributed by atoms with Crippen LogP contribution < -0.4 is 0 Å². The highest BCUT2D eigenvalue weighted by atomic mass is 33.1. The van der Waals surface area contributed by atoms with Crippen molar-refractivity contribution in [2.75, 3.05) is 44.5 Å². The van der Waals surface area contributed by atoms with Crippen LogP contribution in [0.3, 0.4) is 0 Å². The van der Waals surface area contributed by atoms with E-state index in [2.05, 4.69) is 13.8 Å². The number of fused-ring (bicyclic) bond motifs is 5. The van der Waals surface area contributed by atoms with E-state index in [4.69, 9.17) is 43.2 Å². The van der Waals surface area contributed by atoms with Gasteiger partial charge in [0, 0.05) is 59.7 Å². The molecule has 0 amide bonds. The maximum Gasteiger partial charge on any atom is 0.449 e. The molecule has 0 aromatic carbocycles. The topological polar surface area (TPSA) is 103 Å². The highest BCUT2D eigenvalue weighted by Gasteiger charge is 2.70. The van der Waals surface area contributed by atoms with Crippen molar-refractivity contribution >= 4 is 21.6 Å². The molecule has 2 saturated carbocycles. The predicted molar refractivity (Wildman–Crippen MR) is 188 cm³/mol. The van der Waals surface area contributed by atoms with Crippen LogP contribution in [0.4, 0.5) is 26.3 Å². The first kappa shape index (κ1) is 42.2. The first-order valence-electron chi connectivity index (χ1n) is 19.4. The molecule has 7 heterocycles. The molecule has 0 aromatic rings. The van der Waals surface area contributed by atoms with Crippen LogP contribution >= 0.6 is 21.6 Å². The molecule has 4 bridgehead atoms. The highest BCUT2D eigenvalue weighted by molar-refractivity contribution is 8.76. The van der Waals surface area contributed by atoms with Gasteiger partial charge in [0.15, 0.2) is 17.1 Å². The lowest BCUT2D eigenvalue weighted by Crippen LogP contribution is -2.67. The van der Waals surface area contributed by atoms with Crippen LogP contribution in [0.15, 0.2) is 22.7 Å². The van der Waals surface area contributed by atoms with E-state index in [1.165, 1.54) is 21.6 Å². The molecule has 314 valence electrons. The monoisotopic (exact) mass is 834 g/mol. The second-order valence-corrected chi connectivity index (χ2v) is 19.1. The van der Waals surface area contributed by atoms with E-state index in [0.717, 1.165) is 6.42 Å². The van der Waals surface area contributed by atoms with E-state index < -0.39 is 71.4 Å². The summed E-state index contributed by atoms with van der Waals surface area (Å²) in [6.07, 6.45) is -6.06. The first-order valence-corrected chi connectivity index (χ1v) is 21.9. The maximum absolute atomic E-state index is 14.5. The Kier molecular flexibility index (Phi) is 12.2. The van der Waals surface area contributed by atoms with Crippen molar-refractivity contribution < 1.29 is 74.7 Å². The molecule has 1 N–H and O–H groups in total. The number of alkyl halides is 6. The molecule has 7 aliphatic heterocycles. The maximum atomic E-state index is 14.5. The average Bonchev–Trinajstić information content (AvgIpc) is 3.54. The van der Waals surface area contributed by atoms with E-state index in [-0.39, 0.29) is 61.2 Å². The molecule has 4 unspecified atom stereocenters. The fourth-order valence-electron chi connectivity index (χ4n) is 10.3. The SMILES string of the molecule is CCC12CCC3[C@H](C)CC[C@H]4C(COCCSSCCOC/C(=C(/O)C(F)(F)F)[C@@H]5CC[C@@H](C)C6CC[C@]7(C)OC[C@@]65OO7)=C(C(F)(F)F)O[C@H](O1)C34OO2. The quantitative estimate of drug-likeness (QED) is 0.0630. The standard InChI is InChI=1S/C37H52F6O10S2/c1-5-33-13-11-26-22(3)7-9-28-24(30(37(41,42)43)48-31(49-33)35(26,28)53-51-33)19-46-15-17-55-54-16-14-45-18-23(29(44)36(38,39)40)27-8-6-21(2)25-10-12-32(4)47-20-34(25,27)52-50-32/h21-22,25-28,31,44H,5-20H2,1-4H3/b29-23-/t21-,22-,25?,26?,27+,28+,31-,32-,33?,34-,35?/m1/s1. The lowest BCUT2D eigenvalue weighted by Gasteiger charge is -2.57. The second-order valence-electron chi connectivity index (χ2n) is 16.4. The van der Waals surface area contributed by atoms with E-state index in [1.54, 1.807) is 6.92 Å². The molecule has 8 fully saturated rings. The summed E-state index contributed by atoms with van der Waals surface area (Å²) in [5.41, 5.74) is -2.67. The highest BCUT2D eigenvalue weighted by Crippen LogP contribution is 2.62. The number of allylic oxidation sites excluding steroid dienone is 2. The molecule has 9 aliphatic rings. The Morgan fingerprint density at radius 1 is 0.855 bits per heavy atom. The van der Waals surface area contributed by atoms with Crippen molar-refractivity contribution in [1.82, 2.24) is 0 Å². The van der Waals surface area contributed by atoms with Crippen LogP contribution in [0.1, 0.15) is 85.5 Å². The van der Waals surface area contributed by atoms with Gasteiger partial charge >= 0.3 is 12.4 Å². The molecule has 18 heteroatoms. The smallest absolute Gasteiger partial charge is 0.449 e. The lowest BCUT2D eigenvalue weighted by molar-refractivity contribution is -0.562. The number of rotatable bonds is 13. The third kappa shape index (κ3) is 7.81. The Morgan fingerprint density at radius 2 is 1.55 bits per heavy atom. The normalized spacial score (nSPS) is 41.9. The Labute approximate surface area is 325 Å². The minimum atomic E-state index is -4.98. The van der Waals surface area contributed by atoms with Crippen molar-refractivity contribution in [1.29, 1.82) is 0 Å². The van der Waals surface area contributed by atoms with Crippen molar-refractivity contribution in [2.24, 2.45) is 35.5 Å². The molecule has 2 aliphatic carbocycles. The van der Waals surface area contributed by atoms with Gasteiger partial charge in [-0.1, -0.05) is 42.4 Å². The molecule has 6 saturated heterocycles. The summed E-state index contributed by atoms with van der Waals surface area (Å²) in [7, 11) is 2.80. The van der Waals surface area contributed by atoms with Gasteiger partial charge in [-0.3, -0.25) is 0 Å². The Hall–Kier alpha value is -0.960. The summed E-state index contributed by atoms with van der Waals surface area (Å²) in [5.74, 6) is -5.46. The van der Waals surface area contributed by atoms with Gasteiger partial charge in [-0.15, -0.1) is 0 Å². The molecule has 2 spiro atoms. The van der Waals surface area contributed by atoms with E-state index >= 15 is 0 Å². The zero-order valence-electron chi connectivity index (χ0n) is 31.6. The summed E-state index contributed by atoms with van der Waals surface area (Å²) in [5, 5.41) is 10.5. The molecule has 55 heavy (non-hydrogen) atoms. The Morgan fingerprint density at radius 3 is 2.22 bits per heavy atom. The number of halogens is 6. The zero-order valence-corrected chi connectivity index (χ0v) is 33.2. The summed E-state index contributed by atoms with van der Waals surface area (Å²) >= 11 is 0. The van der Waals surface area contributed by atoms with Crippen molar-refractivity contribution in [3.05, 3.63) is 22.7 Å². The van der Waals surface area contributed by atoms with Gasteiger partial charge in [-0.2, -0.15) is 26.3 Å². The third-order valence-corrected chi connectivity index (χ3v) is 15.6. The van der Waals surface area contributed by atoms with Crippen LogP contribution in [0, 0.1) is 35.5 Å². The van der Waals surface area contributed by atoms with Crippen molar-refractivity contribution in [3.8, 4) is 0 Å². The average molecular weight is 835 g/mol. The van der Waals surface area contributed by atoms with Gasteiger partial charge in [0.05, 0.1) is 33.0 Å². The third-order valence-electron chi connectivity index (χ3n) is 13.2. The summed E-state index contributed by atoms with van der Waals surface area (Å²) in [6.45, 7) is 7.26. The van der Waals surface area contributed by atoms with E-state index in [9.17, 15) is 31.4 Å². The fourth-order valence-corrected chi connectivity index (χ4v) is 12.0. The van der Waals surface area contributed by atoms with E-state index in [0.29, 0.717) is 62.9 Å². The van der Waals surface area contributed by atoms with Crippen LogP contribution in [0.2, 0.25) is 0 Å². The summed E-state index contributed by atoms with van der Waals surface area (Å²) in [4.78, 5) is 23.5. The predicted octanol–water partition coefficient (Wildman–Crippen LogP) is 9.12. The molecule has 10 nitrogen and oxygen atoms in total.